The van der Waals surface area contributed by atoms with Crippen LogP contribution in [0.15, 0.2) is 12.1 Å². The largest absolute Gasteiger partial charge is 0.492 e. The normalized spacial score (nSPS) is 30.8. The van der Waals surface area contributed by atoms with E-state index in [-0.39, 0.29) is 32.7 Å². The second kappa shape index (κ2) is 32.8. The highest BCUT2D eigenvalue weighted by atomic mass is 16.8. The van der Waals surface area contributed by atoms with Gasteiger partial charge >= 0.3 is 5.97 Å². The van der Waals surface area contributed by atoms with Crippen LogP contribution in [0.5, 0.6) is 11.8 Å². The summed E-state index contributed by atoms with van der Waals surface area (Å²) in [5.41, 5.74) is 0. The van der Waals surface area contributed by atoms with Crippen LogP contribution in [0.4, 0.5) is 0 Å². The van der Waals surface area contributed by atoms with Crippen molar-refractivity contribution in [1.29, 1.82) is 0 Å². The summed E-state index contributed by atoms with van der Waals surface area (Å²) in [6.07, 6.45) is -29.3. The number of aliphatic hydroxyl groups excluding tert-OH is 13. The third-order valence-electron chi connectivity index (χ3n) is 12.1. The van der Waals surface area contributed by atoms with E-state index >= 15 is 0 Å². The number of aromatic hydroxyl groups is 2. The zero-order valence-electron chi connectivity index (χ0n) is 42.0. The van der Waals surface area contributed by atoms with Gasteiger partial charge in [0.15, 0.2) is 25.2 Å². The lowest BCUT2D eigenvalue weighted by Crippen LogP contribution is -2.65. The third kappa shape index (κ3) is 19.9. The van der Waals surface area contributed by atoms with Crippen molar-refractivity contribution in [1.82, 2.24) is 25.6 Å². The van der Waals surface area contributed by atoms with E-state index in [0.29, 0.717) is 24.0 Å². The summed E-state index contributed by atoms with van der Waals surface area (Å²) in [5.74, 6) is -3.76. The Hall–Kier alpha value is -4.12. The number of hydrogen-bond acceptors (Lipinski definition) is 29. The van der Waals surface area contributed by atoms with Gasteiger partial charge in [0.1, 0.15) is 79.4 Å². The number of carbonyl (C=O) groups excluding carboxylic acids is 4. The number of amides is 3. The number of aliphatic hydroxyl groups is 13. The van der Waals surface area contributed by atoms with Crippen LogP contribution in [0.2, 0.25) is 0 Å². The maximum absolute atomic E-state index is 13.3. The molecule has 3 fully saturated rings. The van der Waals surface area contributed by atoms with Gasteiger partial charge < -0.3 is 135 Å². The molecule has 33 heteroatoms. The molecule has 77 heavy (non-hydrogen) atoms. The minimum Gasteiger partial charge on any atom is -0.492 e. The molecule has 18 atom stereocenters. The van der Waals surface area contributed by atoms with Gasteiger partial charge in [-0.3, -0.25) is 19.3 Å². The van der Waals surface area contributed by atoms with E-state index in [2.05, 4.69) is 16.0 Å². The second-order valence-electron chi connectivity index (χ2n) is 18.1. The monoisotopic (exact) mass is 1120 g/mol. The third-order valence-corrected chi connectivity index (χ3v) is 12.1. The fourth-order valence-electron chi connectivity index (χ4n) is 7.83. The van der Waals surface area contributed by atoms with E-state index in [4.69, 9.17) is 42.7 Å². The fourth-order valence-corrected chi connectivity index (χ4v) is 7.83. The summed E-state index contributed by atoms with van der Waals surface area (Å²) >= 11 is 0. The molecule has 3 aliphatic heterocycles. The van der Waals surface area contributed by atoms with Crippen LogP contribution in [0, 0.1) is 0 Å². The van der Waals surface area contributed by atoms with E-state index in [1.54, 1.807) is 0 Å². The molecule has 33 nitrogen and oxygen atoms in total. The number of unbranched alkanes of at least 4 members (excludes halogenated alkanes) is 2. The standard InChI is InChI=1S/C44H75N5O28/c1-21-31(60)35(64)37(66)42(73-21)69-12-9-46-26(55)16-48(15-25(54)45-8-4-2-3-5-30(59)77-49-28(57)6-7-29(49)58)17-27(56)47-10-13-70-43-39(68)40(76-44-38(67)36(65)33(62)23(19-52)74-44)34(63)24(75-43)20-72-41(71-14-11-50)32(61)22(53)18-51/h6-7,21-24,31-44,50-53,57-58,60-68H,2-5,8-20H2,1H3,(H,45,54)(H,46,55)(H,47,56). The van der Waals surface area contributed by atoms with Crippen LogP contribution in [-0.2, 0) is 57.1 Å². The van der Waals surface area contributed by atoms with Crippen LogP contribution < -0.4 is 20.8 Å². The molecule has 444 valence electrons. The molecule has 0 aliphatic carbocycles. The van der Waals surface area contributed by atoms with Gasteiger partial charge in [0, 0.05) is 38.2 Å². The first-order valence-corrected chi connectivity index (χ1v) is 24.7. The highest BCUT2D eigenvalue weighted by molar-refractivity contribution is 5.84. The number of hydrogen-bond donors (Lipinski definition) is 18. The number of nitrogens with zero attached hydrogens (tertiary/aromatic N) is 2. The average molecular weight is 1120 g/mol. The Labute approximate surface area is 439 Å². The zero-order valence-corrected chi connectivity index (χ0v) is 42.0. The predicted molar refractivity (Wildman–Crippen MR) is 249 cm³/mol. The molecule has 0 saturated carbocycles. The summed E-state index contributed by atoms with van der Waals surface area (Å²) < 4.78 is 44.6. The van der Waals surface area contributed by atoms with E-state index < -0.39 is 205 Å². The van der Waals surface area contributed by atoms with E-state index in [9.17, 15) is 95.8 Å². The molecule has 0 spiro atoms. The second-order valence-corrected chi connectivity index (χ2v) is 18.1. The molecule has 3 aliphatic rings. The molecule has 18 unspecified atom stereocenters. The first kappa shape index (κ1) is 65.4. The van der Waals surface area contributed by atoms with Crippen molar-refractivity contribution in [2.45, 2.75) is 143 Å². The lowest BCUT2D eigenvalue weighted by Gasteiger charge is -2.46. The summed E-state index contributed by atoms with van der Waals surface area (Å²) in [6.45, 7) is -4.72. The van der Waals surface area contributed by atoms with Crippen molar-refractivity contribution in [3.05, 3.63) is 12.1 Å². The van der Waals surface area contributed by atoms with Gasteiger partial charge in [-0.05, 0) is 19.8 Å². The van der Waals surface area contributed by atoms with Gasteiger partial charge in [-0.25, -0.2) is 4.79 Å². The predicted octanol–water partition coefficient (Wildman–Crippen LogP) is -10.4. The molecule has 0 radical (unpaired) electrons. The van der Waals surface area contributed by atoms with Crippen molar-refractivity contribution in [3.63, 3.8) is 0 Å². The Bertz CT molecular complexity index is 1900. The topological polar surface area (TPSA) is 499 Å². The maximum Gasteiger partial charge on any atom is 0.333 e. The van der Waals surface area contributed by atoms with Gasteiger partial charge in [0.2, 0.25) is 29.5 Å². The Morgan fingerprint density at radius 1 is 0.636 bits per heavy atom. The van der Waals surface area contributed by atoms with Crippen molar-refractivity contribution in [3.8, 4) is 11.8 Å². The molecule has 1 aromatic rings. The molecule has 3 amide bonds. The minimum atomic E-state index is -2.00. The van der Waals surface area contributed by atoms with Gasteiger partial charge in [0.05, 0.1) is 72.0 Å². The molecular formula is C44H75N5O28. The van der Waals surface area contributed by atoms with Crippen molar-refractivity contribution < 1.29 is 139 Å². The summed E-state index contributed by atoms with van der Waals surface area (Å²) in [6, 6.07) is 2.25. The SMILES string of the molecule is CC1OC(OCCNC(=O)CN(CC(=O)NCCCCCC(=O)On2c(O)ccc2O)CC(=O)NCCOC2OC(COC(OCCO)C(O)C(O)CO)C(O)C(OC3OC(CO)C(O)C(O)C3O)C2O)C(O)C(O)C1O. The van der Waals surface area contributed by atoms with Crippen molar-refractivity contribution in [2.75, 3.05) is 85.5 Å². The van der Waals surface area contributed by atoms with Crippen LogP contribution >= 0.6 is 0 Å². The smallest absolute Gasteiger partial charge is 0.333 e. The maximum atomic E-state index is 13.3. The molecule has 18 N–H and O–H groups in total. The fraction of sp³-hybridized carbons (Fsp3) is 0.818. The van der Waals surface area contributed by atoms with E-state index in [0.717, 1.165) is 12.1 Å². The highest BCUT2D eigenvalue weighted by Gasteiger charge is 2.51. The van der Waals surface area contributed by atoms with Gasteiger partial charge in [-0.2, -0.15) is 0 Å². The van der Waals surface area contributed by atoms with E-state index in [1.807, 2.05) is 0 Å². The molecular weight excluding hydrogens is 1050 g/mol. The number of nitrogens with one attached hydrogen (secondary N) is 3. The summed E-state index contributed by atoms with van der Waals surface area (Å²) in [4.78, 5) is 57.6. The number of aromatic nitrogens is 1. The molecule has 0 aromatic carbocycles. The van der Waals surface area contributed by atoms with Crippen molar-refractivity contribution in [2.24, 2.45) is 0 Å². The quantitative estimate of drug-likeness (QED) is 0.0230. The molecule has 1 aromatic heterocycles. The lowest BCUT2D eigenvalue weighted by molar-refractivity contribution is -0.363. The number of rotatable bonds is 33. The highest BCUT2D eigenvalue weighted by Crippen LogP contribution is 2.30. The number of carbonyl (C=O) groups is 4. The zero-order chi connectivity index (χ0) is 56.9. The number of ether oxygens (including phenoxy) is 8. The van der Waals surface area contributed by atoms with Gasteiger partial charge in [-0.1, -0.05) is 6.42 Å². The van der Waals surface area contributed by atoms with Gasteiger partial charge in [-0.15, -0.1) is 4.73 Å². The Morgan fingerprint density at radius 2 is 1.18 bits per heavy atom. The lowest BCUT2D eigenvalue weighted by atomic mass is 9.97. The van der Waals surface area contributed by atoms with E-state index in [1.165, 1.54) is 11.8 Å². The van der Waals surface area contributed by atoms with Gasteiger partial charge in [0.25, 0.3) is 0 Å². The molecule has 0 bridgehead atoms. The summed E-state index contributed by atoms with van der Waals surface area (Å²) in [7, 11) is 0. The molecule has 3 saturated heterocycles. The first-order chi connectivity index (χ1) is 36.6. The Morgan fingerprint density at radius 3 is 1.75 bits per heavy atom. The molecule has 4 rings (SSSR count). The Kier molecular flexibility index (Phi) is 27.9. The van der Waals surface area contributed by atoms with Crippen LogP contribution in [0.1, 0.15) is 32.6 Å². The average Bonchev–Trinajstić information content (AvgIpc) is 3.72. The van der Waals surface area contributed by atoms with Crippen LogP contribution in [-0.4, -0.2) is 306 Å². The van der Waals surface area contributed by atoms with Crippen molar-refractivity contribution >= 4 is 23.7 Å². The van der Waals surface area contributed by atoms with Crippen LogP contribution in [0.25, 0.3) is 0 Å². The first-order valence-electron chi connectivity index (χ1n) is 24.7. The Balaban J connectivity index is 1.36. The minimum absolute atomic E-state index is 0.0845. The van der Waals surface area contributed by atoms with Crippen LogP contribution in [0.3, 0.4) is 0 Å². The molecule has 4 heterocycles. The summed E-state index contributed by atoms with van der Waals surface area (Å²) in [5, 5.41) is 160.